The third kappa shape index (κ3) is 2.03. The molecule has 4 heteroatoms. The Morgan fingerprint density at radius 3 is 2.53 bits per heavy atom. The molecule has 82 valence electrons. The van der Waals surface area contributed by atoms with E-state index in [1.807, 2.05) is 6.92 Å². The third-order valence-electron chi connectivity index (χ3n) is 2.41. The van der Waals surface area contributed by atoms with Crippen molar-refractivity contribution in [3.63, 3.8) is 0 Å². The van der Waals surface area contributed by atoms with E-state index in [0.717, 1.165) is 0 Å². The largest absolute Gasteiger partial charge is 0.486 e. The SMILES string of the molecule is CCC(O)c1cc2c(cc1Cl)OCCO2. The quantitative estimate of drug-likeness (QED) is 0.846. The Kier molecular flexibility index (Phi) is 3.03. The van der Waals surface area contributed by atoms with Crippen LogP contribution in [-0.2, 0) is 0 Å². The van der Waals surface area contributed by atoms with E-state index in [4.69, 9.17) is 21.1 Å². The smallest absolute Gasteiger partial charge is 0.162 e. The number of hydrogen-bond donors (Lipinski definition) is 1. The molecule has 1 atom stereocenters. The molecule has 0 amide bonds. The normalized spacial score (nSPS) is 16.2. The number of halogens is 1. The van der Waals surface area contributed by atoms with Crippen LogP contribution in [0.25, 0.3) is 0 Å². The van der Waals surface area contributed by atoms with E-state index in [1.54, 1.807) is 12.1 Å². The lowest BCUT2D eigenvalue weighted by Crippen LogP contribution is -2.15. The van der Waals surface area contributed by atoms with Crippen LogP contribution in [0.15, 0.2) is 12.1 Å². The molecule has 0 aromatic heterocycles. The van der Waals surface area contributed by atoms with Gasteiger partial charge in [0, 0.05) is 11.6 Å². The highest BCUT2D eigenvalue weighted by Gasteiger charge is 2.18. The Morgan fingerprint density at radius 2 is 1.93 bits per heavy atom. The summed E-state index contributed by atoms with van der Waals surface area (Å²) in [5.74, 6) is 1.31. The van der Waals surface area contributed by atoms with E-state index in [-0.39, 0.29) is 0 Å². The fraction of sp³-hybridized carbons (Fsp3) is 0.455. The van der Waals surface area contributed by atoms with Crippen LogP contribution < -0.4 is 9.47 Å². The van der Waals surface area contributed by atoms with E-state index in [0.29, 0.717) is 41.7 Å². The lowest BCUT2D eigenvalue weighted by molar-refractivity contribution is 0.162. The fourth-order valence-corrected chi connectivity index (χ4v) is 1.83. The molecule has 0 aliphatic carbocycles. The second-order valence-electron chi connectivity index (χ2n) is 3.44. The summed E-state index contributed by atoms with van der Waals surface area (Å²) in [6.45, 7) is 2.98. The van der Waals surface area contributed by atoms with Gasteiger partial charge in [-0.3, -0.25) is 0 Å². The topological polar surface area (TPSA) is 38.7 Å². The van der Waals surface area contributed by atoms with Crippen molar-refractivity contribution in [1.29, 1.82) is 0 Å². The van der Waals surface area contributed by atoms with Crippen molar-refractivity contribution in [2.24, 2.45) is 0 Å². The summed E-state index contributed by atoms with van der Waals surface area (Å²) in [7, 11) is 0. The van der Waals surface area contributed by atoms with Gasteiger partial charge in [-0.25, -0.2) is 0 Å². The molecule has 0 radical (unpaired) electrons. The Labute approximate surface area is 93.6 Å². The van der Waals surface area contributed by atoms with Gasteiger partial charge in [0.05, 0.1) is 11.1 Å². The predicted molar refractivity (Wildman–Crippen MR) is 57.7 cm³/mol. The minimum atomic E-state index is -0.548. The average molecular weight is 229 g/mol. The van der Waals surface area contributed by atoms with Gasteiger partial charge in [0.1, 0.15) is 13.2 Å². The van der Waals surface area contributed by atoms with Gasteiger partial charge in [0.2, 0.25) is 0 Å². The van der Waals surface area contributed by atoms with Crippen LogP contribution in [0.4, 0.5) is 0 Å². The standard InChI is InChI=1S/C11H13ClO3/c1-2-9(13)7-5-10-11(6-8(7)12)15-4-3-14-10/h5-6,9,13H,2-4H2,1H3. The van der Waals surface area contributed by atoms with Crippen LogP contribution in [0.1, 0.15) is 25.0 Å². The number of hydrogen-bond acceptors (Lipinski definition) is 3. The number of benzene rings is 1. The molecule has 0 spiro atoms. The van der Waals surface area contributed by atoms with Crippen LogP contribution >= 0.6 is 11.6 Å². The molecule has 1 aromatic carbocycles. The van der Waals surface area contributed by atoms with Gasteiger partial charge in [-0.15, -0.1) is 0 Å². The summed E-state index contributed by atoms with van der Waals surface area (Å²) in [5, 5.41) is 10.3. The van der Waals surface area contributed by atoms with Gasteiger partial charge in [0.15, 0.2) is 11.5 Å². The molecule has 0 saturated carbocycles. The summed E-state index contributed by atoms with van der Waals surface area (Å²) in [4.78, 5) is 0. The first-order valence-electron chi connectivity index (χ1n) is 4.99. The van der Waals surface area contributed by atoms with Crippen molar-refractivity contribution in [3.05, 3.63) is 22.7 Å². The minimum Gasteiger partial charge on any atom is -0.486 e. The van der Waals surface area contributed by atoms with E-state index in [1.165, 1.54) is 0 Å². The first kappa shape index (κ1) is 10.6. The van der Waals surface area contributed by atoms with Crippen molar-refractivity contribution in [3.8, 4) is 11.5 Å². The molecular formula is C11H13ClO3. The summed E-state index contributed by atoms with van der Waals surface area (Å²) in [5.41, 5.74) is 0.698. The predicted octanol–water partition coefficient (Wildman–Crippen LogP) is 2.55. The van der Waals surface area contributed by atoms with Crippen LogP contribution in [0.3, 0.4) is 0 Å². The van der Waals surface area contributed by atoms with Gasteiger partial charge in [-0.05, 0) is 12.5 Å². The lowest BCUT2D eigenvalue weighted by Gasteiger charge is -2.21. The molecule has 1 aromatic rings. The molecule has 0 saturated heterocycles. The summed E-state index contributed by atoms with van der Waals surface area (Å²) >= 11 is 6.04. The molecule has 2 rings (SSSR count). The molecule has 15 heavy (non-hydrogen) atoms. The molecule has 1 heterocycles. The second kappa shape index (κ2) is 4.29. The molecule has 1 aliphatic heterocycles. The van der Waals surface area contributed by atoms with E-state index in [9.17, 15) is 5.11 Å². The zero-order valence-electron chi connectivity index (χ0n) is 8.50. The zero-order valence-corrected chi connectivity index (χ0v) is 9.25. The highest BCUT2D eigenvalue weighted by Crippen LogP contribution is 2.38. The first-order valence-corrected chi connectivity index (χ1v) is 5.37. The maximum atomic E-state index is 9.73. The van der Waals surface area contributed by atoms with Gasteiger partial charge in [-0.2, -0.15) is 0 Å². The number of aliphatic hydroxyl groups is 1. The number of ether oxygens (including phenoxy) is 2. The van der Waals surface area contributed by atoms with E-state index in [2.05, 4.69) is 0 Å². The van der Waals surface area contributed by atoms with Crippen molar-refractivity contribution < 1.29 is 14.6 Å². The van der Waals surface area contributed by atoms with Crippen molar-refractivity contribution in [2.45, 2.75) is 19.4 Å². The van der Waals surface area contributed by atoms with Gasteiger partial charge >= 0.3 is 0 Å². The van der Waals surface area contributed by atoms with Crippen molar-refractivity contribution in [2.75, 3.05) is 13.2 Å². The van der Waals surface area contributed by atoms with E-state index < -0.39 is 6.10 Å². The molecule has 1 N–H and O–H groups in total. The van der Waals surface area contributed by atoms with Crippen LogP contribution in [0.2, 0.25) is 5.02 Å². The van der Waals surface area contributed by atoms with E-state index >= 15 is 0 Å². The number of rotatable bonds is 2. The van der Waals surface area contributed by atoms with Crippen LogP contribution in [-0.4, -0.2) is 18.3 Å². The molecule has 0 bridgehead atoms. The monoisotopic (exact) mass is 228 g/mol. The van der Waals surface area contributed by atoms with Crippen LogP contribution in [0.5, 0.6) is 11.5 Å². The lowest BCUT2D eigenvalue weighted by atomic mass is 10.1. The molecular weight excluding hydrogens is 216 g/mol. The molecule has 3 nitrogen and oxygen atoms in total. The third-order valence-corrected chi connectivity index (χ3v) is 2.73. The second-order valence-corrected chi connectivity index (χ2v) is 3.85. The average Bonchev–Trinajstić information content (AvgIpc) is 2.27. The van der Waals surface area contributed by atoms with Gasteiger partial charge in [0.25, 0.3) is 0 Å². The molecule has 1 aliphatic rings. The first-order chi connectivity index (χ1) is 7.22. The van der Waals surface area contributed by atoms with Gasteiger partial charge < -0.3 is 14.6 Å². The maximum absolute atomic E-state index is 9.73. The maximum Gasteiger partial charge on any atom is 0.162 e. The fourth-order valence-electron chi connectivity index (χ4n) is 1.55. The van der Waals surface area contributed by atoms with Gasteiger partial charge in [-0.1, -0.05) is 18.5 Å². The summed E-state index contributed by atoms with van der Waals surface area (Å²) < 4.78 is 10.8. The minimum absolute atomic E-state index is 0.522. The van der Waals surface area contributed by atoms with Crippen molar-refractivity contribution >= 4 is 11.6 Å². The Hall–Kier alpha value is -0.930. The van der Waals surface area contributed by atoms with Crippen LogP contribution in [0, 0.1) is 0 Å². The Balaban J connectivity index is 2.40. The number of aliphatic hydroxyl groups excluding tert-OH is 1. The number of fused-ring (bicyclic) bond motifs is 1. The Bertz CT molecular complexity index is 365. The summed E-state index contributed by atoms with van der Waals surface area (Å²) in [6, 6.07) is 3.45. The van der Waals surface area contributed by atoms with Crippen molar-refractivity contribution in [1.82, 2.24) is 0 Å². The molecule has 1 unspecified atom stereocenters. The highest BCUT2D eigenvalue weighted by molar-refractivity contribution is 6.31. The summed E-state index contributed by atoms with van der Waals surface area (Å²) in [6.07, 6.45) is 0.0765. The zero-order chi connectivity index (χ0) is 10.8. The highest BCUT2D eigenvalue weighted by atomic mass is 35.5. The Morgan fingerprint density at radius 1 is 1.33 bits per heavy atom. The molecule has 0 fully saturated rings.